The SMILES string of the molecule is c1ccc(-c2ccc(N(c3ccccc3)c3ccc(-c4ccc(-c5ccc(-n6c7ccc(-c8cccc9ccccc89)cc7c7cc(-c8cccc9ccccc89)ccc76)cc5)cc4)cc3)cc2)cc1. The fourth-order valence-electron chi connectivity index (χ4n) is 10.5. The van der Waals surface area contributed by atoms with E-state index in [0.29, 0.717) is 0 Å². The third-order valence-electron chi connectivity index (χ3n) is 14.0. The van der Waals surface area contributed by atoms with E-state index in [2.05, 4.69) is 289 Å². The standard InChI is InChI=1S/C68H46N2/c1-3-13-47(14-4-1)50-29-37-58(38-30-50)69(57-19-5-2-6-20-57)59-39-31-51(32-40-59)48-25-27-49(28-26-48)52-33-41-60(42-34-52)70-67-43-35-55(63-23-11-17-53-15-7-9-21-61(53)63)45-65(67)66-46-56(36-44-68(66)70)64-24-12-18-54-16-8-10-22-62(54)64/h1-46H. The van der Waals surface area contributed by atoms with Crippen molar-refractivity contribution in [2.45, 2.75) is 0 Å². The molecule has 328 valence electrons. The van der Waals surface area contributed by atoms with Crippen LogP contribution in [-0.4, -0.2) is 4.57 Å². The van der Waals surface area contributed by atoms with Gasteiger partial charge in [0.25, 0.3) is 0 Å². The molecule has 0 saturated heterocycles. The zero-order valence-electron chi connectivity index (χ0n) is 38.5. The van der Waals surface area contributed by atoms with E-state index in [1.54, 1.807) is 0 Å². The molecule has 0 aliphatic carbocycles. The molecule has 0 radical (unpaired) electrons. The summed E-state index contributed by atoms with van der Waals surface area (Å²) in [6, 6.07) is 102. The summed E-state index contributed by atoms with van der Waals surface area (Å²) in [6.45, 7) is 0. The highest BCUT2D eigenvalue weighted by Gasteiger charge is 2.17. The van der Waals surface area contributed by atoms with Gasteiger partial charge in [0.1, 0.15) is 0 Å². The molecule has 0 fully saturated rings. The van der Waals surface area contributed by atoms with Crippen molar-refractivity contribution in [2.24, 2.45) is 0 Å². The Balaban J connectivity index is 0.821. The molecule has 0 spiro atoms. The maximum absolute atomic E-state index is 2.43. The summed E-state index contributed by atoms with van der Waals surface area (Å²) >= 11 is 0. The second-order valence-electron chi connectivity index (χ2n) is 18.1. The number of anilines is 3. The molecule has 0 atom stereocenters. The summed E-state index contributed by atoms with van der Waals surface area (Å²) in [7, 11) is 0. The van der Waals surface area contributed by atoms with Crippen LogP contribution < -0.4 is 4.90 Å². The van der Waals surface area contributed by atoms with Crippen LogP contribution in [0.15, 0.2) is 279 Å². The predicted molar refractivity (Wildman–Crippen MR) is 298 cm³/mol. The molecule has 1 aromatic heterocycles. The quantitative estimate of drug-likeness (QED) is 0.140. The van der Waals surface area contributed by atoms with Gasteiger partial charge < -0.3 is 9.47 Å². The van der Waals surface area contributed by atoms with Crippen LogP contribution in [0.2, 0.25) is 0 Å². The Hall–Kier alpha value is -9.24. The molecule has 0 saturated carbocycles. The number of fused-ring (bicyclic) bond motifs is 5. The van der Waals surface area contributed by atoms with E-state index in [1.807, 2.05) is 0 Å². The van der Waals surface area contributed by atoms with Gasteiger partial charge in [0, 0.05) is 33.5 Å². The van der Waals surface area contributed by atoms with Crippen LogP contribution in [0.1, 0.15) is 0 Å². The second kappa shape index (κ2) is 17.4. The molecule has 0 N–H and O–H groups in total. The molecule has 0 amide bonds. The van der Waals surface area contributed by atoms with Crippen molar-refractivity contribution in [2.75, 3.05) is 4.90 Å². The van der Waals surface area contributed by atoms with E-state index in [9.17, 15) is 0 Å². The minimum Gasteiger partial charge on any atom is -0.311 e. The summed E-state index contributed by atoms with van der Waals surface area (Å²) in [5, 5.41) is 7.49. The second-order valence-corrected chi connectivity index (χ2v) is 18.1. The van der Waals surface area contributed by atoms with E-state index >= 15 is 0 Å². The Bertz CT molecular complexity index is 3850. The first-order chi connectivity index (χ1) is 34.7. The summed E-state index contributed by atoms with van der Waals surface area (Å²) in [4.78, 5) is 2.32. The third-order valence-corrected chi connectivity index (χ3v) is 14.0. The fraction of sp³-hybridized carbons (Fsp3) is 0. The van der Waals surface area contributed by atoms with Crippen molar-refractivity contribution in [3.63, 3.8) is 0 Å². The molecule has 13 rings (SSSR count). The van der Waals surface area contributed by atoms with Gasteiger partial charge in [-0.1, -0.05) is 206 Å². The minimum absolute atomic E-state index is 1.11. The van der Waals surface area contributed by atoms with Crippen molar-refractivity contribution < 1.29 is 0 Å². The van der Waals surface area contributed by atoms with Crippen molar-refractivity contribution in [1.29, 1.82) is 0 Å². The van der Waals surface area contributed by atoms with Crippen molar-refractivity contribution in [3.8, 4) is 61.3 Å². The summed E-state index contributed by atoms with van der Waals surface area (Å²) in [5.74, 6) is 0. The van der Waals surface area contributed by atoms with Crippen molar-refractivity contribution in [1.82, 2.24) is 4.57 Å². The molecular formula is C68H46N2. The summed E-state index contributed by atoms with van der Waals surface area (Å²) < 4.78 is 2.43. The van der Waals surface area contributed by atoms with Crippen LogP contribution in [0, 0.1) is 0 Å². The zero-order chi connectivity index (χ0) is 46.4. The fourth-order valence-corrected chi connectivity index (χ4v) is 10.5. The van der Waals surface area contributed by atoms with Gasteiger partial charge in [0.05, 0.1) is 11.0 Å². The lowest BCUT2D eigenvalue weighted by atomic mass is 9.95. The number of aromatic nitrogens is 1. The average Bonchev–Trinajstić information content (AvgIpc) is 3.77. The number of hydrogen-bond acceptors (Lipinski definition) is 1. The Morgan fingerprint density at radius 1 is 0.229 bits per heavy atom. The molecule has 0 bridgehead atoms. The normalized spacial score (nSPS) is 11.4. The van der Waals surface area contributed by atoms with Crippen LogP contribution in [0.5, 0.6) is 0 Å². The third kappa shape index (κ3) is 7.40. The van der Waals surface area contributed by atoms with Crippen LogP contribution in [0.25, 0.3) is 105 Å². The summed E-state index contributed by atoms with van der Waals surface area (Å²) in [5.41, 5.74) is 18.9. The summed E-state index contributed by atoms with van der Waals surface area (Å²) in [6.07, 6.45) is 0. The molecule has 0 unspecified atom stereocenters. The number of para-hydroxylation sites is 1. The van der Waals surface area contributed by atoms with Gasteiger partial charge in [-0.3, -0.25) is 0 Å². The zero-order valence-corrected chi connectivity index (χ0v) is 38.5. The van der Waals surface area contributed by atoms with Gasteiger partial charge in [-0.15, -0.1) is 0 Å². The lowest BCUT2D eigenvalue weighted by molar-refractivity contribution is 1.18. The van der Waals surface area contributed by atoms with Crippen molar-refractivity contribution >= 4 is 60.4 Å². The van der Waals surface area contributed by atoms with Crippen LogP contribution in [0.3, 0.4) is 0 Å². The number of hydrogen-bond donors (Lipinski definition) is 0. The smallest absolute Gasteiger partial charge is 0.0541 e. The molecule has 2 heteroatoms. The average molecular weight is 891 g/mol. The van der Waals surface area contributed by atoms with Gasteiger partial charge >= 0.3 is 0 Å². The van der Waals surface area contributed by atoms with E-state index in [4.69, 9.17) is 0 Å². The van der Waals surface area contributed by atoms with E-state index in [1.165, 1.54) is 99.0 Å². The lowest BCUT2D eigenvalue weighted by Crippen LogP contribution is -2.09. The van der Waals surface area contributed by atoms with Crippen molar-refractivity contribution in [3.05, 3.63) is 279 Å². The highest BCUT2D eigenvalue weighted by molar-refractivity contribution is 6.13. The molecule has 0 aliphatic rings. The Morgan fingerprint density at radius 3 is 1.04 bits per heavy atom. The maximum Gasteiger partial charge on any atom is 0.0541 e. The lowest BCUT2D eigenvalue weighted by Gasteiger charge is -2.26. The van der Waals surface area contributed by atoms with Crippen LogP contribution in [0.4, 0.5) is 17.1 Å². The van der Waals surface area contributed by atoms with Gasteiger partial charge in [-0.05, 0) is 150 Å². The molecule has 13 aromatic rings. The van der Waals surface area contributed by atoms with E-state index in [0.717, 1.165) is 22.7 Å². The van der Waals surface area contributed by atoms with Crippen LogP contribution in [-0.2, 0) is 0 Å². The van der Waals surface area contributed by atoms with E-state index in [-0.39, 0.29) is 0 Å². The first kappa shape index (κ1) is 41.0. The Labute approximate surface area is 408 Å². The van der Waals surface area contributed by atoms with E-state index < -0.39 is 0 Å². The molecule has 12 aromatic carbocycles. The topological polar surface area (TPSA) is 8.17 Å². The maximum atomic E-state index is 2.43. The molecule has 0 aliphatic heterocycles. The molecule has 2 nitrogen and oxygen atoms in total. The monoisotopic (exact) mass is 890 g/mol. The molecular weight excluding hydrogens is 845 g/mol. The van der Waals surface area contributed by atoms with Gasteiger partial charge in [0.2, 0.25) is 0 Å². The highest BCUT2D eigenvalue weighted by atomic mass is 15.1. The van der Waals surface area contributed by atoms with Gasteiger partial charge in [-0.2, -0.15) is 0 Å². The number of rotatable bonds is 9. The van der Waals surface area contributed by atoms with Gasteiger partial charge in [0.15, 0.2) is 0 Å². The molecule has 70 heavy (non-hydrogen) atoms. The Kier molecular flexibility index (Phi) is 10.2. The number of benzene rings is 12. The predicted octanol–water partition coefficient (Wildman–Crippen LogP) is 18.9. The Morgan fingerprint density at radius 2 is 0.571 bits per heavy atom. The highest BCUT2D eigenvalue weighted by Crippen LogP contribution is 2.41. The molecule has 1 heterocycles. The van der Waals surface area contributed by atoms with Gasteiger partial charge in [-0.25, -0.2) is 0 Å². The first-order valence-electron chi connectivity index (χ1n) is 24.1. The minimum atomic E-state index is 1.11. The number of nitrogens with zero attached hydrogens (tertiary/aromatic N) is 2. The largest absolute Gasteiger partial charge is 0.311 e. The van der Waals surface area contributed by atoms with Crippen LogP contribution >= 0.6 is 0 Å². The first-order valence-corrected chi connectivity index (χ1v) is 24.1.